The van der Waals surface area contributed by atoms with Crippen molar-refractivity contribution in [2.45, 2.75) is 6.61 Å². The van der Waals surface area contributed by atoms with E-state index in [4.69, 9.17) is 15.6 Å². The van der Waals surface area contributed by atoms with Crippen LogP contribution in [0.15, 0.2) is 36.7 Å². The summed E-state index contributed by atoms with van der Waals surface area (Å²) in [5, 5.41) is 9.01. The lowest BCUT2D eigenvalue weighted by Crippen LogP contribution is -2.14. The molecule has 0 radical (unpaired) electrons. The second-order valence-corrected chi connectivity index (χ2v) is 3.48. The Kier molecular flexibility index (Phi) is 3.49. The SMILES string of the molecule is NC(=O)c1nccnc1Oc1cccc(CO)c1. The highest BCUT2D eigenvalue weighted by atomic mass is 16.5. The number of amides is 1. The zero-order valence-corrected chi connectivity index (χ0v) is 9.41. The molecule has 0 aliphatic carbocycles. The second kappa shape index (κ2) is 5.24. The number of nitrogens with zero attached hydrogens (tertiary/aromatic N) is 2. The van der Waals surface area contributed by atoms with Crippen LogP contribution in [0.4, 0.5) is 0 Å². The zero-order chi connectivity index (χ0) is 13.0. The van der Waals surface area contributed by atoms with Gasteiger partial charge in [0.1, 0.15) is 5.75 Å². The molecule has 1 amide bonds. The molecule has 1 aromatic carbocycles. The molecular formula is C12H11N3O3. The minimum Gasteiger partial charge on any atom is -0.437 e. The molecule has 1 heterocycles. The van der Waals surface area contributed by atoms with Gasteiger partial charge in [-0.05, 0) is 17.7 Å². The van der Waals surface area contributed by atoms with Crippen LogP contribution in [-0.4, -0.2) is 21.0 Å². The van der Waals surface area contributed by atoms with Gasteiger partial charge in [0.15, 0.2) is 5.69 Å². The molecule has 0 unspecified atom stereocenters. The number of carbonyl (C=O) groups is 1. The molecule has 92 valence electrons. The second-order valence-electron chi connectivity index (χ2n) is 3.48. The lowest BCUT2D eigenvalue weighted by atomic mass is 10.2. The highest BCUT2D eigenvalue weighted by Gasteiger charge is 2.12. The Labute approximate surface area is 103 Å². The number of hydrogen-bond donors (Lipinski definition) is 2. The summed E-state index contributed by atoms with van der Waals surface area (Å²) in [6, 6.07) is 6.79. The molecule has 0 saturated heterocycles. The smallest absolute Gasteiger partial charge is 0.272 e. The maximum Gasteiger partial charge on any atom is 0.272 e. The molecule has 0 fully saturated rings. The van der Waals surface area contributed by atoms with Gasteiger partial charge < -0.3 is 15.6 Å². The van der Waals surface area contributed by atoms with Crippen molar-refractivity contribution < 1.29 is 14.6 Å². The Morgan fingerprint density at radius 3 is 2.83 bits per heavy atom. The van der Waals surface area contributed by atoms with Crippen LogP contribution >= 0.6 is 0 Å². The first-order chi connectivity index (χ1) is 8.70. The van der Waals surface area contributed by atoms with Crippen LogP contribution in [0, 0.1) is 0 Å². The van der Waals surface area contributed by atoms with Crippen LogP contribution in [0.2, 0.25) is 0 Å². The van der Waals surface area contributed by atoms with Crippen LogP contribution in [0.1, 0.15) is 16.1 Å². The van der Waals surface area contributed by atoms with Crippen LogP contribution in [0.3, 0.4) is 0 Å². The number of aliphatic hydroxyl groups is 1. The standard InChI is InChI=1S/C12H11N3O3/c13-11(17)10-12(15-5-4-14-10)18-9-3-1-2-8(6-9)7-16/h1-6,16H,7H2,(H2,13,17). The van der Waals surface area contributed by atoms with Gasteiger partial charge in [0.25, 0.3) is 11.8 Å². The molecule has 1 aromatic heterocycles. The molecule has 2 rings (SSSR count). The molecule has 6 heteroatoms. The number of hydrogen-bond acceptors (Lipinski definition) is 5. The Morgan fingerprint density at radius 1 is 1.33 bits per heavy atom. The van der Waals surface area contributed by atoms with Crippen molar-refractivity contribution in [2.24, 2.45) is 5.73 Å². The zero-order valence-electron chi connectivity index (χ0n) is 9.41. The first-order valence-electron chi connectivity index (χ1n) is 5.19. The Morgan fingerprint density at radius 2 is 2.11 bits per heavy atom. The van der Waals surface area contributed by atoms with Gasteiger partial charge in [-0.15, -0.1) is 0 Å². The molecule has 6 nitrogen and oxygen atoms in total. The molecule has 0 bridgehead atoms. The molecule has 3 N–H and O–H groups in total. The summed E-state index contributed by atoms with van der Waals surface area (Å²) < 4.78 is 5.43. The minimum atomic E-state index is -0.712. The molecule has 0 aliphatic heterocycles. The third-order valence-electron chi connectivity index (χ3n) is 2.19. The summed E-state index contributed by atoms with van der Waals surface area (Å²) in [7, 11) is 0. The van der Waals surface area contributed by atoms with Crippen molar-refractivity contribution in [1.82, 2.24) is 9.97 Å². The summed E-state index contributed by atoms with van der Waals surface area (Å²) in [4.78, 5) is 18.8. The number of benzene rings is 1. The summed E-state index contributed by atoms with van der Waals surface area (Å²) in [5.74, 6) is -0.221. The fourth-order valence-corrected chi connectivity index (χ4v) is 1.39. The fourth-order valence-electron chi connectivity index (χ4n) is 1.39. The van der Waals surface area contributed by atoms with E-state index < -0.39 is 5.91 Å². The van der Waals surface area contributed by atoms with Crippen molar-refractivity contribution in [1.29, 1.82) is 0 Å². The fraction of sp³-hybridized carbons (Fsp3) is 0.0833. The van der Waals surface area contributed by atoms with Gasteiger partial charge in [0.2, 0.25) is 0 Å². The molecule has 0 spiro atoms. The summed E-state index contributed by atoms with van der Waals surface area (Å²) in [6.45, 7) is -0.0969. The van der Waals surface area contributed by atoms with Gasteiger partial charge in [-0.25, -0.2) is 9.97 Å². The lowest BCUT2D eigenvalue weighted by Gasteiger charge is -2.07. The average molecular weight is 245 g/mol. The van der Waals surface area contributed by atoms with Crippen molar-refractivity contribution in [3.8, 4) is 11.6 Å². The molecule has 18 heavy (non-hydrogen) atoms. The van der Waals surface area contributed by atoms with Crippen molar-refractivity contribution in [2.75, 3.05) is 0 Å². The highest BCUT2D eigenvalue weighted by molar-refractivity contribution is 5.92. The van der Waals surface area contributed by atoms with Gasteiger partial charge in [-0.2, -0.15) is 0 Å². The third-order valence-corrected chi connectivity index (χ3v) is 2.19. The number of carbonyl (C=O) groups excluding carboxylic acids is 1. The van der Waals surface area contributed by atoms with Gasteiger partial charge in [0.05, 0.1) is 6.61 Å². The predicted molar refractivity (Wildman–Crippen MR) is 63.0 cm³/mol. The normalized spacial score (nSPS) is 10.1. The molecular weight excluding hydrogens is 234 g/mol. The third kappa shape index (κ3) is 2.61. The summed E-state index contributed by atoms with van der Waals surface area (Å²) >= 11 is 0. The number of nitrogens with two attached hydrogens (primary N) is 1. The highest BCUT2D eigenvalue weighted by Crippen LogP contribution is 2.22. The maximum atomic E-state index is 11.1. The van der Waals surface area contributed by atoms with E-state index in [-0.39, 0.29) is 18.2 Å². The van der Waals surface area contributed by atoms with Gasteiger partial charge in [0, 0.05) is 12.4 Å². The average Bonchev–Trinajstić information content (AvgIpc) is 2.39. The van der Waals surface area contributed by atoms with E-state index in [0.717, 1.165) is 0 Å². The first kappa shape index (κ1) is 12.0. The Bertz CT molecular complexity index is 572. The lowest BCUT2D eigenvalue weighted by molar-refractivity contribution is 0.0992. The van der Waals surface area contributed by atoms with Crippen LogP contribution in [0.5, 0.6) is 11.6 Å². The van der Waals surface area contributed by atoms with Crippen molar-refractivity contribution >= 4 is 5.91 Å². The Balaban J connectivity index is 2.31. The van der Waals surface area contributed by atoms with E-state index in [1.807, 2.05) is 0 Å². The van der Waals surface area contributed by atoms with E-state index in [9.17, 15) is 4.79 Å². The largest absolute Gasteiger partial charge is 0.437 e. The number of ether oxygens (including phenoxy) is 1. The number of aromatic nitrogens is 2. The summed E-state index contributed by atoms with van der Waals surface area (Å²) in [6.07, 6.45) is 2.76. The topological polar surface area (TPSA) is 98.3 Å². The minimum absolute atomic E-state index is 0.0353. The predicted octanol–water partition coefficient (Wildman–Crippen LogP) is 0.860. The quantitative estimate of drug-likeness (QED) is 0.832. The Hall–Kier alpha value is -2.47. The molecule has 2 aromatic rings. The van der Waals surface area contributed by atoms with E-state index in [0.29, 0.717) is 11.3 Å². The monoisotopic (exact) mass is 245 g/mol. The molecule has 0 saturated carbocycles. The van der Waals surface area contributed by atoms with E-state index >= 15 is 0 Å². The number of aliphatic hydroxyl groups excluding tert-OH is 1. The van der Waals surface area contributed by atoms with E-state index in [2.05, 4.69) is 9.97 Å². The van der Waals surface area contributed by atoms with Crippen molar-refractivity contribution in [3.05, 3.63) is 47.9 Å². The molecule has 0 atom stereocenters. The first-order valence-corrected chi connectivity index (χ1v) is 5.19. The van der Waals surface area contributed by atoms with Gasteiger partial charge in [-0.3, -0.25) is 4.79 Å². The van der Waals surface area contributed by atoms with Gasteiger partial charge >= 0.3 is 0 Å². The molecule has 0 aliphatic rings. The van der Waals surface area contributed by atoms with Crippen molar-refractivity contribution in [3.63, 3.8) is 0 Å². The number of rotatable bonds is 4. The summed E-state index contributed by atoms with van der Waals surface area (Å²) in [5.41, 5.74) is 5.82. The van der Waals surface area contributed by atoms with E-state index in [1.54, 1.807) is 24.3 Å². The van der Waals surface area contributed by atoms with E-state index in [1.165, 1.54) is 12.4 Å². The van der Waals surface area contributed by atoms with Crippen LogP contribution in [-0.2, 0) is 6.61 Å². The van der Waals surface area contributed by atoms with Gasteiger partial charge in [-0.1, -0.05) is 12.1 Å². The van der Waals surface area contributed by atoms with Crippen LogP contribution in [0.25, 0.3) is 0 Å². The maximum absolute atomic E-state index is 11.1. The van der Waals surface area contributed by atoms with Crippen LogP contribution < -0.4 is 10.5 Å². The number of primary amides is 1.